The van der Waals surface area contributed by atoms with E-state index in [1.807, 2.05) is 0 Å². The third-order valence-corrected chi connectivity index (χ3v) is 2.27. The molecule has 2 aliphatic rings. The van der Waals surface area contributed by atoms with E-state index in [9.17, 15) is 5.11 Å². The van der Waals surface area contributed by atoms with E-state index < -0.39 is 0 Å². The second kappa shape index (κ2) is 3.72. The highest BCUT2D eigenvalue weighted by atomic mass is 35.5. The summed E-state index contributed by atoms with van der Waals surface area (Å²) < 4.78 is 0. The van der Waals surface area contributed by atoms with E-state index in [1.54, 1.807) is 0 Å². The van der Waals surface area contributed by atoms with Gasteiger partial charge in [-0.3, -0.25) is 4.90 Å². The van der Waals surface area contributed by atoms with Gasteiger partial charge in [-0.15, -0.1) is 12.4 Å². The fourth-order valence-electron chi connectivity index (χ4n) is 1.54. The molecule has 0 spiro atoms. The van der Waals surface area contributed by atoms with Crippen molar-refractivity contribution in [2.45, 2.75) is 25.1 Å². The third-order valence-electron chi connectivity index (χ3n) is 2.27. The maximum atomic E-state index is 9.44. The summed E-state index contributed by atoms with van der Waals surface area (Å²) in [5, 5.41) is 12.6. The quantitative estimate of drug-likeness (QED) is 0.584. The number of nitrogens with one attached hydrogen (secondary N) is 1. The van der Waals surface area contributed by atoms with E-state index >= 15 is 0 Å². The lowest BCUT2D eigenvalue weighted by Gasteiger charge is -2.32. The maximum Gasteiger partial charge on any atom is 0.120 e. The number of β-amino-alcohol motifs (C(OH)–C–C–N with tert-alkyl or cyclic N) is 1. The van der Waals surface area contributed by atoms with Crippen molar-refractivity contribution >= 4 is 12.4 Å². The van der Waals surface area contributed by atoms with Crippen molar-refractivity contribution in [3.63, 3.8) is 0 Å². The normalized spacial score (nSPS) is 33.0. The Morgan fingerprint density at radius 1 is 1.36 bits per heavy atom. The average Bonchev–Trinajstić information content (AvgIpc) is 2.71. The van der Waals surface area contributed by atoms with Crippen LogP contribution in [-0.2, 0) is 0 Å². The molecule has 2 fully saturated rings. The lowest BCUT2D eigenvalue weighted by atomic mass is 10.3. The topological polar surface area (TPSA) is 35.5 Å². The van der Waals surface area contributed by atoms with Crippen LogP contribution in [0, 0.1) is 0 Å². The molecule has 0 aromatic rings. The highest BCUT2D eigenvalue weighted by Gasteiger charge is 2.33. The lowest BCUT2D eigenvalue weighted by Crippen LogP contribution is -2.51. The predicted octanol–water partition coefficient (Wildman–Crippen LogP) is -0.206. The van der Waals surface area contributed by atoms with Gasteiger partial charge in [-0.05, 0) is 12.8 Å². The van der Waals surface area contributed by atoms with Crippen molar-refractivity contribution in [1.82, 2.24) is 10.2 Å². The summed E-state index contributed by atoms with van der Waals surface area (Å²) in [4.78, 5) is 2.20. The number of piperazine rings is 1. The Hall–Kier alpha value is 0.170. The van der Waals surface area contributed by atoms with Crippen LogP contribution in [0.25, 0.3) is 0 Å². The molecule has 0 aromatic carbocycles. The molecule has 0 radical (unpaired) electrons. The van der Waals surface area contributed by atoms with Crippen molar-refractivity contribution in [2.24, 2.45) is 0 Å². The Labute approximate surface area is 73.2 Å². The van der Waals surface area contributed by atoms with Gasteiger partial charge in [0.05, 0.1) is 0 Å². The first kappa shape index (κ1) is 9.26. The van der Waals surface area contributed by atoms with Crippen LogP contribution in [0.2, 0.25) is 0 Å². The van der Waals surface area contributed by atoms with Crippen LogP contribution in [0.15, 0.2) is 0 Å². The van der Waals surface area contributed by atoms with Gasteiger partial charge in [0.15, 0.2) is 0 Å². The number of hydrogen-bond donors (Lipinski definition) is 2. The number of aliphatic hydroxyl groups is 1. The van der Waals surface area contributed by atoms with Gasteiger partial charge in [-0.25, -0.2) is 0 Å². The van der Waals surface area contributed by atoms with Crippen LogP contribution < -0.4 is 5.32 Å². The van der Waals surface area contributed by atoms with Crippen molar-refractivity contribution < 1.29 is 5.11 Å². The van der Waals surface area contributed by atoms with Gasteiger partial charge in [0.25, 0.3) is 0 Å². The summed E-state index contributed by atoms with van der Waals surface area (Å²) in [7, 11) is 0. The molecule has 1 saturated heterocycles. The van der Waals surface area contributed by atoms with E-state index in [1.165, 1.54) is 12.8 Å². The molecule has 2 N–H and O–H groups in total. The van der Waals surface area contributed by atoms with Crippen LogP contribution >= 0.6 is 12.4 Å². The van der Waals surface area contributed by atoms with Crippen LogP contribution in [0.5, 0.6) is 0 Å². The van der Waals surface area contributed by atoms with E-state index in [-0.39, 0.29) is 18.6 Å². The third kappa shape index (κ3) is 2.06. The van der Waals surface area contributed by atoms with Gasteiger partial charge in [0.1, 0.15) is 6.23 Å². The largest absolute Gasteiger partial charge is 0.377 e. The summed E-state index contributed by atoms with van der Waals surface area (Å²) in [6.07, 6.45) is 2.36. The zero-order valence-electron chi connectivity index (χ0n) is 6.49. The van der Waals surface area contributed by atoms with Gasteiger partial charge in [0.2, 0.25) is 0 Å². The molecule has 1 atom stereocenters. The zero-order valence-corrected chi connectivity index (χ0v) is 7.31. The van der Waals surface area contributed by atoms with Crippen LogP contribution in [0.1, 0.15) is 12.8 Å². The van der Waals surface area contributed by atoms with Crippen LogP contribution in [-0.4, -0.2) is 41.9 Å². The second-order valence-electron chi connectivity index (χ2n) is 3.15. The van der Waals surface area contributed by atoms with Crippen molar-refractivity contribution in [2.75, 3.05) is 19.6 Å². The molecular weight excluding hydrogens is 164 g/mol. The molecule has 11 heavy (non-hydrogen) atoms. The first-order valence-electron chi connectivity index (χ1n) is 4.02. The maximum absolute atomic E-state index is 9.44. The predicted molar refractivity (Wildman–Crippen MR) is 45.9 cm³/mol. The Kier molecular flexibility index (Phi) is 3.13. The summed E-state index contributed by atoms with van der Waals surface area (Å²) in [5.74, 6) is 0. The molecule has 1 aliphatic carbocycles. The minimum Gasteiger partial charge on any atom is -0.377 e. The average molecular weight is 179 g/mol. The number of hydrogen-bond acceptors (Lipinski definition) is 3. The highest BCUT2D eigenvalue weighted by molar-refractivity contribution is 5.85. The molecule has 0 aromatic heterocycles. The number of aliphatic hydroxyl groups excluding tert-OH is 1. The van der Waals surface area contributed by atoms with Crippen LogP contribution in [0.3, 0.4) is 0 Å². The smallest absolute Gasteiger partial charge is 0.120 e. The molecule has 0 amide bonds. The fraction of sp³-hybridized carbons (Fsp3) is 1.00. The summed E-state index contributed by atoms with van der Waals surface area (Å²) >= 11 is 0. The van der Waals surface area contributed by atoms with Gasteiger partial charge in [0, 0.05) is 25.7 Å². The van der Waals surface area contributed by atoms with Crippen molar-refractivity contribution in [3.8, 4) is 0 Å². The van der Waals surface area contributed by atoms with Gasteiger partial charge in [-0.2, -0.15) is 0 Å². The highest BCUT2D eigenvalue weighted by Crippen LogP contribution is 2.28. The zero-order chi connectivity index (χ0) is 6.97. The van der Waals surface area contributed by atoms with E-state index in [0.29, 0.717) is 6.04 Å². The fourth-order valence-corrected chi connectivity index (χ4v) is 1.54. The number of nitrogens with zero attached hydrogens (tertiary/aromatic N) is 1. The molecule has 66 valence electrons. The minimum absolute atomic E-state index is 0. The molecule has 0 bridgehead atoms. The first-order chi connectivity index (χ1) is 4.88. The van der Waals surface area contributed by atoms with E-state index in [0.717, 1.165) is 19.6 Å². The molecule has 2 rings (SSSR count). The Bertz CT molecular complexity index is 130. The second-order valence-corrected chi connectivity index (χ2v) is 3.15. The minimum atomic E-state index is -0.221. The number of rotatable bonds is 1. The van der Waals surface area contributed by atoms with Crippen LogP contribution in [0.4, 0.5) is 0 Å². The number of halogens is 1. The first-order valence-corrected chi connectivity index (χ1v) is 4.02. The standard InChI is InChI=1S/C7H14N2O.ClH/c10-7-5-8-3-4-9(7)6-1-2-6;/h6-8,10H,1-5H2;1H. The Morgan fingerprint density at radius 3 is 2.64 bits per heavy atom. The summed E-state index contributed by atoms with van der Waals surface area (Å²) in [6.45, 7) is 2.80. The van der Waals surface area contributed by atoms with Gasteiger partial charge >= 0.3 is 0 Å². The lowest BCUT2D eigenvalue weighted by molar-refractivity contribution is -0.0181. The molecule has 1 saturated carbocycles. The van der Waals surface area contributed by atoms with E-state index in [2.05, 4.69) is 10.2 Å². The van der Waals surface area contributed by atoms with Gasteiger partial charge < -0.3 is 10.4 Å². The summed E-state index contributed by atoms with van der Waals surface area (Å²) in [6, 6.07) is 0.706. The SMILES string of the molecule is Cl.OC1CNCCN1C1CC1. The van der Waals surface area contributed by atoms with E-state index in [4.69, 9.17) is 0 Å². The Morgan fingerprint density at radius 2 is 2.09 bits per heavy atom. The molecule has 1 unspecified atom stereocenters. The summed E-state index contributed by atoms with van der Waals surface area (Å²) in [5.41, 5.74) is 0. The monoisotopic (exact) mass is 178 g/mol. The Balaban J connectivity index is 0.000000605. The molecule has 1 heterocycles. The molecule has 3 nitrogen and oxygen atoms in total. The molecule has 4 heteroatoms. The van der Waals surface area contributed by atoms with Crippen molar-refractivity contribution in [1.29, 1.82) is 0 Å². The molecular formula is C7H15ClN2O. The van der Waals surface area contributed by atoms with Gasteiger partial charge in [-0.1, -0.05) is 0 Å². The van der Waals surface area contributed by atoms with Crippen molar-refractivity contribution in [3.05, 3.63) is 0 Å². The molecule has 1 aliphatic heterocycles.